The summed E-state index contributed by atoms with van der Waals surface area (Å²) < 4.78 is 12.2. The summed E-state index contributed by atoms with van der Waals surface area (Å²) in [5.74, 6) is 0.684. The monoisotopic (exact) mass is 397 g/mol. The molecule has 0 aliphatic rings. The Labute approximate surface area is 137 Å². The lowest BCUT2D eigenvalue weighted by Crippen LogP contribution is -2.12. The first kappa shape index (κ1) is 15.6. The maximum Gasteiger partial charge on any atom is 0.248 e. The maximum atomic E-state index is 11.3. The molecule has 110 valence electrons. The van der Waals surface area contributed by atoms with E-state index in [-0.39, 0.29) is 0 Å². The van der Waals surface area contributed by atoms with Gasteiger partial charge in [0.1, 0.15) is 6.61 Å². The number of carbonyl (C=O) groups excluding carboxylic acids is 1. The highest BCUT2D eigenvalue weighted by Crippen LogP contribution is 2.34. The van der Waals surface area contributed by atoms with E-state index in [0.717, 1.165) is 9.13 Å². The smallest absolute Gasteiger partial charge is 0.248 e. The second-order valence-corrected chi connectivity index (χ2v) is 5.52. The Kier molecular flexibility index (Phi) is 5.44. The number of nitrogens with two attached hydrogens (primary N) is 1. The van der Waals surface area contributed by atoms with Crippen LogP contribution in [-0.4, -0.2) is 12.5 Å². The molecule has 21 heavy (non-hydrogen) atoms. The number of primary amides is 1. The molecule has 0 radical (unpaired) electrons. The standard InChI is InChI=1S/C16H16INO3/c1-2-20-14-9-12(16(18)19)8-13(17)15(14)21-10-11-6-4-3-5-7-11/h3-9H,2,10H2,1H3,(H2,18,19). The van der Waals surface area contributed by atoms with Crippen LogP contribution in [0.2, 0.25) is 0 Å². The maximum absolute atomic E-state index is 11.3. The summed E-state index contributed by atoms with van der Waals surface area (Å²) in [6, 6.07) is 13.2. The van der Waals surface area contributed by atoms with E-state index >= 15 is 0 Å². The van der Waals surface area contributed by atoms with Crippen molar-refractivity contribution in [2.75, 3.05) is 6.61 Å². The number of amides is 1. The van der Waals surface area contributed by atoms with Crippen LogP contribution < -0.4 is 15.2 Å². The normalized spacial score (nSPS) is 10.2. The summed E-state index contributed by atoms with van der Waals surface area (Å²) in [4.78, 5) is 11.3. The summed E-state index contributed by atoms with van der Waals surface area (Å²) in [5.41, 5.74) is 6.80. The Bertz CT molecular complexity index is 629. The molecule has 0 atom stereocenters. The lowest BCUT2D eigenvalue weighted by molar-refractivity contribution is 0.0999. The highest BCUT2D eigenvalue weighted by molar-refractivity contribution is 14.1. The predicted molar refractivity (Wildman–Crippen MR) is 89.6 cm³/mol. The Morgan fingerprint density at radius 2 is 1.90 bits per heavy atom. The van der Waals surface area contributed by atoms with Gasteiger partial charge in [0, 0.05) is 5.56 Å². The van der Waals surface area contributed by atoms with E-state index in [1.54, 1.807) is 12.1 Å². The molecular weight excluding hydrogens is 381 g/mol. The molecule has 2 rings (SSSR count). The van der Waals surface area contributed by atoms with E-state index in [1.165, 1.54) is 0 Å². The zero-order chi connectivity index (χ0) is 15.2. The predicted octanol–water partition coefficient (Wildman–Crippen LogP) is 3.37. The van der Waals surface area contributed by atoms with Crippen molar-refractivity contribution in [2.24, 2.45) is 5.73 Å². The van der Waals surface area contributed by atoms with E-state index in [4.69, 9.17) is 15.2 Å². The number of halogens is 1. The lowest BCUT2D eigenvalue weighted by Gasteiger charge is -2.14. The molecule has 0 fully saturated rings. The number of rotatable bonds is 6. The highest BCUT2D eigenvalue weighted by atomic mass is 127. The molecule has 2 N–H and O–H groups in total. The molecule has 4 nitrogen and oxygen atoms in total. The fourth-order valence-corrected chi connectivity index (χ4v) is 2.60. The molecule has 0 bridgehead atoms. The molecule has 0 unspecified atom stereocenters. The average Bonchev–Trinajstić information content (AvgIpc) is 2.47. The minimum Gasteiger partial charge on any atom is -0.490 e. The van der Waals surface area contributed by atoms with Gasteiger partial charge >= 0.3 is 0 Å². The fraction of sp³-hybridized carbons (Fsp3) is 0.188. The van der Waals surface area contributed by atoms with E-state index < -0.39 is 5.91 Å². The van der Waals surface area contributed by atoms with Crippen molar-refractivity contribution in [3.05, 3.63) is 57.2 Å². The molecule has 0 heterocycles. The van der Waals surface area contributed by atoms with Gasteiger partial charge in [-0.25, -0.2) is 0 Å². The lowest BCUT2D eigenvalue weighted by atomic mass is 10.2. The van der Waals surface area contributed by atoms with E-state index in [2.05, 4.69) is 22.6 Å². The van der Waals surface area contributed by atoms with E-state index in [1.807, 2.05) is 37.3 Å². The van der Waals surface area contributed by atoms with E-state index in [9.17, 15) is 4.79 Å². The third-order valence-electron chi connectivity index (χ3n) is 2.82. The second kappa shape index (κ2) is 7.31. The molecule has 1 amide bonds. The highest BCUT2D eigenvalue weighted by Gasteiger charge is 2.14. The molecule has 0 saturated carbocycles. The Hall–Kier alpha value is -1.76. The van der Waals surface area contributed by atoms with Crippen molar-refractivity contribution in [2.45, 2.75) is 13.5 Å². The number of hydrogen-bond donors (Lipinski definition) is 1. The topological polar surface area (TPSA) is 61.5 Å². The van der Waals surface area contributed by atoms with Crippen molar-refractivity contribution in [3.63, 3.8) is 0 Å². The summed E-state index contributed by atoms with van der Waals surface area (Å²) >= 11 is 2.11. The zero-order valence-electron chi connectivity index (χ0n) is 11.6. The summed E-state index contributed by atoms with van der Waals surface area (Å²) in [7, 11) is 0. The van der Waals surface area contributed by atoms with Crippen molar-refractivity contribution in [3.8, 4) is 11.5 Å². The summed E-state index contributed by atoms with van der Waals surface area (Å²) in [5, 5.41) is 0. The van der Waals surface area contributed by atoms with Gasteiger partial charge in [-0.2, -0.15) is 0 Å². The van der Waals surface area contributed by atoms with Crippen LogP contribution in [0.3, 0.4) is 0 Å². The third-order valence-corrected chi connectivity index (χ3v) is 3.62. The van der Waals surface area contributed by atoms with Crippen LogP contribution >= 0.6 is 22.6 Å². The largest absolute Gasteiger partial charge is 0.490 e. The van der Waals surface area contributed by atoms with Gasteiger partial charge < -0.3 is 15.2 Å². The van der Waals surface area contributed by atoms with Crippen molar-refractivity contribution >= 4 is 28.5 Å². The van der Waals surface area contributed by atoms with Gasteiger partial charge in [0.05, 0.1) is 10.2 Å². The average molecular weight is 397 g/mol. The molecule has 0 spiro atoms. The fourth-order valence-electron chi connectivity index (χ4n) is 1.84. The SMILES string of the molecule is CCOc1cc(C(N)=O)cc(I)c1OCc1ccccc1. The molecule has 5 heteroatoms. The van der Waals surface area contributed by atoms with Gasteiger partial charge in [0.15, 0.2) is 11.5 Å². The molecule has 0 aliphatic heterocycles. The van der Waals surface area contributed by atoms with Gasteiger partial charge in [0.25, 0.3) is 0 Å². The van der Waals surface area contributed by atoms with Gasteiger partial charge in [0.2, 0.25) is 5.91 Å². The minimum absolute atomic E-state index is 0.412. The third kappa shape index (κ3) is 4.10. The summed E-state index contributed by atoms with van der Waals surface area (Å²) in [6.45, 7) is 2.80. The van der Waals surface area contributed by atoms with Crippen LogP contribution in [0.25, 0.3) is 0 Å². The van der Waals surface area contributed by atoms with Crippen LogP contribution in [0.15, 0.2) is 42.5 Å². The Balaban J connectivity index is 2.26. The first-order valence-corrected chi connectivity index (χ1v) is 7.62. The van der Waals surface area contributed by atoms with Gasteiger partial charge in [-0.1, -0.05) is 30.3 Å². The molecule has 0 saturated heterocycles. The van der Waals surface area contributed by atoms with Gasteiger partial charge in [-0.15, -0.1) is 0 Å². The van der Waals surface area contributed by atoms with Crippen molar-refractivity contribution in [1.82, 2.24) is 0 Å². The molecule has 0 aliphatic carbocycles. The quantitative estimate of drug-likeness (QED) is 0.761. The van der Waals surface area contributed by atoms with E-state index in [0.29, 0.717) is 30.3 Å². The molecule has 2 aromatic rings. The van der Waals surface area contributed by atoms with Crippen molar-refractivity contribution in [1.29, 1.82) is 0 Å². The second-order valence-electron chi connectivity index (χ2n) is 4.36. The summed E-state index contributed by atoms with van der Waals surface area (Å²) in [6.07, 6.45) is 0. The van der Waals surface area contributed by atoms with Crippen LogP contribution in [0.1, 0.15) is 22.8 Å². The first-order chi connectivity index (χ1) is 10.1. The number of ether oxygens (including phenoxy) is 2. The Morgan fingerprint density at radius 1 is 1.19 bits per heavy atom. The number of benzene rings is 2. The zero-order valence-corrected chi connectivity index (χ0v) is 13.8. The van der Waals surface area contributed by atoms with Gasteiger partial charge in [-0.05, 0) is 47.2 Å². The molecule has 2 aromatic carbocycles. The van der Waals surface area contributed by atoms with Crippen LogP contribution in [0.4, 0.5) is 0 Å². The Morgan fingerprint density at radius 3 is 2.52 bits per heavy atom. The van der Waals surface area contributed by atoms with Crippen molar-refractivity contribution < 1.29 is 14.3 Å². The van der Waals surface area contributed by atoms with Crippen LogP contribution in [0.5, 0.6) is 11.5 Å². The minimum atomic E-state index is -0.483. The van der Waals surface area contributed by atoms with Crippen LogP contribution in [-0.2, 0) is 6.61 Å². The first-order valence-electron chi connectivity index (χ1n) is 6.54. The molecular formula is C16H16INO3. The van der Waals surface area contributed by atoms with Gasteiger partial charge in [-0.3, -0.25) is 4.79 Å². The molecule has 0 aromatic heterocycles. The van der Waals surface area contributed by atoms with Crippen LogP contribution in [0, 0.1) is 3.57 Å². The number of hydrogen-bond acceptors (Lipinski definition) is 3. The number of carbonyl (C=O) groups is 1.